The van der Waals surface area contributed by atoms with E-state index in [4.69, 9.17) is 21.4 Å². The number of carboxylic acid groups (broad SMARTS) is 1. The highest BCUT2D eigenvalue weighted by molar-refractivity contribution is 6.30. The Hall–Kier alpha value is -2.43. The monoisotopic (exact) mass is 479 g/mol. The number of nitrogens with zero attached hydrogens (tertiary/aromatic N) is 4. The number of carbonyl (C=O) groups is 3. The van der Waals surface area contributed by atoms with Gasteiger partial charge in [-0.2, -0.15) is 0 Å². The van der Waals surface area contributed by atoms with Crippen LogP contribution in [0.3, 0.4) is 0 Å². The molecule has 3 fully saturated rings. The minimum atomic E-state index is -1.27. The van der Waals surface area contributed by atoms with Crippen molar-refractivity contribution in [1.29, 1.82) is 0 Å². The Morgan fingerprint density at radius 1 is 1.06 bits per heavy atom. The fraction of sp³-hybridized carbons (Fsp3) is 0.636. The summed E-state index contributed by atoms with van der Waals surface area (Å²) in [5, 5.41) is 11.4. The van der Waals surface area contributed by atoms with Crippen LogP contribution in [-0.4, -0.2) is 101 Å². The second-order valence-corrected chi connectivity index (χ2v) is 9.17. The van der Waals surface area contributed by atoms with E-state index in [-0.39, 0.29) is 34.1 Å². The van der Waals surface area contributed by atoms with Gasteiger partial charge in [0.15, 0.2) is 0 Å². The Balaban J connectivity index is 1.34. The van der Waals surface area contributed by atoms with E-state index in [1.165, 1.54) is 12.3 Å². The Labute approximate surface area is 197 Å². The lowest BCUT2D eigenvalue weighted by Crippen LogP contribution is -2.53. The summed E-state index contributed by atoms with van der Waals surface area (Å²) in [7, 11) is 0. The molecule has 0 saturated carbocycles. The van der Waals surface area contributed by atoms with Crippen LogP contribution < -0.4 is 5.32 Å². The highest BCUT2D eigenvalue weighted by Crippen LogP contribution is 2.27. The normalized spacial score (nSPS) is 22.8. The van der Waals surface area contributed by atoms with Gasteiger partial charge < -0.3 is 19.6 Å². The van der Waals surface area contributed by atoms with E-state index in [9.17, 15) is 14.4 Å². The molecule has 1 unspecified atom stereocenters. The number of likely N-dealkylation sites (tertiary alicyclic amines) is 2. The van der Waals surface area contributed by atoms with E-state index < -0.39 is 6.09 Å². The standard InChI is InChI=1S/C22H30ClN5O5/c23-19-12-17(18(13-24-19)25-22(31)32)21(30)26-6-3-16(4-7-26)28-5-1-2-15(14-28)20(29)27-8-10-33-11-9-27/h12-13,15-16,25H,1-11,14H2,(H,31,32). The van der Waals surface area contributed by atoms with Crippen LogP contribution in [0.1, 0.15) is 36.0 Å². The van der Waals surface area contributed by atoms with E-state index in [1.807, 2.05) is 4.90 Å². The van der Waals surface area contributed by atoms with Crippen molar-refractivity contribution in [3.8, 4) is 0 Å². The highest BCUT2D eigenvalue weighted by atomic mass is 35.5. The lowest BCUT2D eigenvalue weighted by Gasteiger charge is -2.43. The fourth-order valence-electron chi connectivity index (χ4n) is 5.01. The van der Waals surface area contributed by atoms with Gasteiger partial charge in [-0.25, -0.2) is 9.78 Å². The first-order valence-electron chi connectivity index (χ1n) is 11.5. The van der Waals surface area contributed by atoms with E-state index in [0.29, 0.717) is 45.4 Å². The zero-order chi connectivity index (χ0) is 23.4. The average Bonchev–Trinajstić information content (AvgIpc) is 2.84. The first-order chi connectivity index (χ1) is 15.9. The molecule has 180 valence electrons. The minimum absolute atomic E-state index is 0.0279. The predicted octanol–water partition coefficient (Wildman–Crippen LogP) is 2.00. The quantitative estimate of drug-likeness (QED) is 0.634. The van der Waals surface area contributed by atoms with Crippen molar-refractivity contribution in [3.05, 3.63) is 23.0 Å². The molecule has 3 amide bonds. The molecule has 3 aliphatic heterocycles. The lowest BCUT2D eigenvalue weighted by molar-refractivity contribution is -0.141. The molecular weight excluding hydrogens is 450 g/mol. The van der Waals surface area contributed by atoms with Crippen molar-refractivity contribution in [3.63, 3.8) is 0 Å². The van der Waals surface area contributed by atoms with E-state index in [2.05, 4.69) is 15.2 Å². The number of pyridine rings is 1. The number of anilines is 1. The molecule has 1 atom stereocenters. The third-order valence-electron chi connectivity index (χ3n) is 6.74. The molecule has 4 heterocycles. The maximum atomic E-state index is 13.1. The molecule has 2 N–H and O–H groups in total. The summed E-state index contributed by atoms with van der Waals surface area (Å²) >= 11 is 5.95. The van der Waals surface area contributed by atoms with Gasteiger partial charge in [0.2, 0.25) is 5.91 Å². The maximum Gasteiger partial charge on any atom is 0.409 e. The molecule has 4 rings (SSSR count). The number of nitrogens with one attached hydrogen (secondary N) is 1. The Morgan fingerprint density at radius 3 is 2.48 bits per heavy atom. The summed E-state index contributed by atoms with van der Waals surface area (Å²) in [5.74, 6) is 0.00396. The van der Waals surface area contributed by atoms with Crippen molar-refractivity contribution in [2.75, 3.05) is 57.8 Å². The van der Waals surface area contributed by atoms with Gasteiger partial charge in [0.1, 0.15) is 5.15 Å². The first-order valence-corrected chi connectivity index (χ1v) is 11.9. The fourth-order valence-corrected chi connectivity index (χ4v) is 5.17. The predicted molar refractivity (Wildman–Crippen MR) is 122 cm³/mol. The molecule has 0 spiro atoms. The molecule has 0 aliphatic carbocycles. The number of rotatable bonds is 4. The van der Waals surface area contributed by atoms with E-state index in [1.54, 1.807) is 4.90 Å². The second kappa shape index (κ2) is 10.7. The molecule has 3 saturated heterocycles. The van der Waals surface area contributed by atoms with Gasteiger partial charge in [0.25, 0.3) is 5.91 Å². The Morgan fingerprint density at radius 2 is 1.79 bits per heavy atom. The van der Waals surface area contributed by atoms with Crippen molar-refractivity contribution in [2.24, 2.45) is 5.92 Å². The zero-order valence-corrected chi connectivity index (χ0v) is 19.3. The number of halogens is 1. The number of amides is 3. The summed E-state index contributed by atoms with van der Waals surface area (Å²) in [5.41, 5.74) is 0.324. The third-order valence-corrected chi connectivity index (χ3v) is 6.94. The number of morpholine rings is 1. The van der Waals surface area contributed by atoms with Gasteiger partial charge in [-0.05, 0) is 38.3 Å². The van der Waals surface area contributed by atoms with Crippen molar-refractivity contribution < 1.29 is 24.2 Å². The van der Waals surface area contributed by atoms with Gasteiger partial charge in [0, 0.05) is 38.8 Å². The van der Waals surface area contributed by atoms with Gasteiger partial charge in [-0.3, -0.25) is 19.8 Å². The summed E-state index contributed by atoms with van der Waals surface area (Å²) in [4.78, 5) is 47.0. The molecule has 3 aliphatic rings. The SMILES string of the molecule is O=C(O)Nc1cnc(Cl)cc1C(=O)N1CCC(N2CCCC(C(=O)N3CCOCC3)C2)CC1. The van der Waals surface area contributed by atoms with Crippen LogP contribution in [0, 0.1) is 5.92 Å². The number of piperidine rings is 2. The van der Waals surface area contributed by atoms with Gasteiger partial charge in [-0.1, -0.05) is 11.6 Å². The number of hydrogen-bond acceptors (Lipinski definition) is 6. The van der Waals surface area contributed by atoms with E-state index >= 15 is 0 Å². The van der Waals surface area contributed by atoms with Gasteiger partial charge in [-0.15, -0.1) is 0 Å². The summed E-state index contributed by atoms with van der Waals surface area (Å²) in [6.07, 6.45) is 3.54. The topological polar surface area (TPSA) is 115 Å². The van der Waals surface area contributed by atoms with Crippen LogP contribution in [0.2, 0.25) is 5.15 Å². The average molecular weight is 480 g/mol. The first kappa shape index (κ1) is 23.7. The lowest BCUT2D eigenvalue weighted by atomic mass is 9.92. The number of aromatic nitrogens is 1. The van der Waals surface area contributed by atoms with Gasteiger partial charge in [0.05, 0.1) is 36.6 Å². The van der Waals surface area contributed by atoms with Crippen LogP contribution in [0.5, 0.6) is 0 Å². The van der Waals surface area contributed by atoms with Gasteiger partial charge >= 0.3 is 6.09 Å². The highest BCUT2D eigenvalue weighted by Gasteiger charge is 2.35. The van der Waals surface area contributed by atoms with E-state index in [0.717, 1.165) is 38.8 Å². The number of ether oxygens (including phenoxy) is 1. The number of carbonyl (C=O) groups excluding carboxylic acids is 2. The summed E-state index contributed by atoms with van der Waals surface area (Å²) < 4.78 is 5.37. The maximum absolute atomic E-state index is 13.1. The van der Waals surface area contributed by atoms with Crippen molar-refractivity contribution >= 4 is 35.2 Å². The molecule has 10 nitrogen and oxygen atoms in total. The molecule has 11 heteroatoms. The van der Waals surface area contributed by atoms with Crippen LogP contribution in [0.25, 0.3) is 0 Å². The largest absolute Gasteiger partial charge is 0.465 e. The van der Waals surface area contributed by atoms with Crippen LogP contribution >= 0.6 is 11.6 Å². The van der Waals surface area contributed by atoms with Crippen molar-refractivity contribution in [2.45, 2.75) is 31.7 Å². The summed E-state index contributed by atoms with van der Waals surface area (Å²) in [6, 6.07) is 1.72. The smallest absolute Gasteiger partial charge is 0.409 e. The molecule has 0 bridgehead atoms. The minimum Gasteiger partial charge on any atom is -0.465 e. The molecular formula is C22H30ClN5O5. The Bertz CT molecular complexity index is 886. The molecule has 0 aromatic carbocycles. The second-order valence-electron chi connectivity index (χ2n) is 8.78. The van der Waals surface area contributed by atoms with Crippen molar-refractivity contribution in [1.82, 2.24) is 19.7 Å². The Kier molecular flexibility index (Phi) is 7.67. The van der Waals surface area contributed by atoms with Crippen LogP contribution in [0.15, 0.2) is 12.3 Å². The number of hydrogen-bond donors (Lipinski definition) is 2. The van der Waals surface area contributed by atoms with Crippen LogP contribution in [-0.2, 0) is 9.53 Å². The summed E-state index contributed by atoms with van der Waals surface area (Å²) in [6.45, 7) is 5.44. The third kappa shape index (κ3) is 5.74. The molecule has 0 radical (unpaired) electrons. The molecule has 1 aromatic rings. The van der Waals surface area contributed by atoms with Crippen LogP contribution in [0.4, 0.5) is 10.5 Å². The molecule has 1 aromatic heterocycles. The molecule has 33 heavy (non-hydrogen) atoms. The zero-order valence-electron chi connectivity index (χ0n) is 18.5.